The monoisotopic (exact) mass is 279 g/mol. The summed E-state index contributed by atoms with van der Waals surface area (Å²) in [6.07, 6.45) is 0. The van der Waals surface area contributed by atoms with Gasteiger partial charge in [-0.05, 0) is 0 Å². The third-order valence-corrected chi connectivity index (χ3v) is 0. The molecule has 0 aromatic carbocycles. The zero-order chi connectivity index (χ0) is 4.50. The van der Waals surface area contributed by atoms with E-state index in [-0.39, 0.29) is 69.9 Å². The number of rotatable bonds is 0. The molecule has 8 heavy (non-hydrogen) atoms. The molecule has 8 heteroatoms. The van der Waals surface area contributed by atoms with Gasteiger partial charge in [-0.1, -0.05) is 0 Å². The van der Waals surface area contributed by atoms with Gasteiger partial charge < -0.3 is 19.2 Å². The molecule has 0 rings (SSSR count). The predicted octanol–water partition coefficient (Wildman–Crippen LogP) is -3.10. The van der Waals surface area contributed by atoms with Crippen LogP contribution in [0.2, 0.25) is 0 Å². The summed E-state index contributed by atoms with van der Waals surface area (Å²) in [4.78, 5) is 29.3. The van der Waals surface area contributed by atoms with Crippen LogP contribution >= 0.6 is 0 Å². The van der Waals surface area contributed by atoms with Crippen molar-refractivity contribution >= 4 is 38.6 Å². The quantitative estimate of drug-likeness (QED) is 0.354. The molecule has 0 unspecified atom stereocenters. The minimum atomic E-state index is -4.61. The molecule has 0 fully saturated rings. The number of hydrogen-bond acceptors (Lipinski definition) is 4. The predicted molar refractivity (Wildman–Crippen MR) is 24.3 cm³/mol. The van der Waals surface area contributed by atoms with E-state index in [4.69, 9.17) is 19.2 Å². The van der Waals surface area contributed by atoms with Gasteiger partial charge in [0.15, 0.2) is 0 Å². The van der Waals surface area contributed by atoms with Crippen molar-refractivity contribution in [2.45, 2.75) is 0 Å². The molecule has 0 atom stereocenters. The normalized spacial score (nSPS) is 7.50. The third-order valence-electron chi connectivity index (χ3n) is 0. The van der Waals surface area contributed by atoms with Crippen LogP contribution in [-0.2, 0) is 0 Å². The van der Waals surface area contributed by atoms with E-state index in [0.29, 0.717) is 0 Å². The molecule has 0 spiro atoms. The van der Waals surface area contributed by atoms with E-state index in [1.54, 1.807) is 0 Å². The van der Waals surface area contributed by atoms with Gasteiger partial charge in [-0.2, -0.15) is 0 Å². The first kappa shape index (κ1) is 22.5. The second-order valence-electron chi connectivity index (χ2n) is 0.600. The minimum absolute atomic E-state index is 0. The van der Waals surface area contributed by atoms with Gasteiger partial charge in [0.25, 0.3) is 0 Å². The number of halogens is 1. The van der Waals surface area contributed by atoms with Gasteiger partial charge in [0.2, 0.25) is 0 Å². The van der Waals surface area contributed by atoms with Crippen LogP contribution in [0.15, 0.2) is 0 Å². The van der Waals surface area contributed by atoms with E-state index >= 15 is 0 Å². The van der Waals surface area contributed by atoms with Gasteiger partial charge in [-0.3, -0.25) is 4.70 Å². The summed E-state index contributed by atoms with van der Waals surface area (Å²) in [7, 11) is -4.61. The molecule has 4 nitrogen and oxygen atoms in total. The molecule has 0 amide bonds. The zero-order valence-electron chi connectivity index (χ0n) is 3.27. The Morgan fingerprint density at radius 1 is 0.875 bits per heavy atom. The van der Waals surface area contributed by atoms with E-state index in [1.807, 2.05) is 0 Å². The second-order valence-corrected chi connectivity index (χ2v) is 1.80. The average Bonchev–Trinajstić information content (AvgIpc) is 0.722. The Morgan fingerprint density at radius 2 is 0.875 bits per heavy atom. The van der Waals surface area contributed by atoms with Crippen LogP contribution in [0.3, 0.4) is 0 Å². The van der Waals surface area contributed by atoms with Gasteiger partial charge in [-0.25, -0.2) is 0 Å². The van der Waals surface area contributed by atoms with Gasteiger partial charge in [0.1, 0.15) is 0 Å². The van der Waals surface area contributed by atoms with Crippen molar-refractivity contribution in [3.63, 3.8) is 0 Å². The van der Waals surface area contributed by atoms with Crippen molar-refractivity contribution in [2.75, 3.05) is 0 Å². The van der Waals surface area contributed by atoms with Crippen LogP contribution in [0.25, 0.3) is 0 Å². The summed E-state index contributed by atoms with van der Waals surface area (Å²) in [6, 6.07) is 0. The summed E-state index contributed by atoms with van der Waals surface area (Å²) in [6.45, 7) is 0. The van der Waals surface area contributed by atoms with Gasteiger partial charge in [0.05, 0.1) is 0 Å². The van der Waals surface area contributed by atoms with Crippen LogP contribution in [0.5, 0.6) is 0 Å². The van der Waals surface area contributed by atoms with Crippen molar-refractivity contribution in [1.29, 1.82) is 0 Å². The Hall–Kier alpha value is 2.18. The molecule has 1 radical (unpaired) electrons. The molecule has 45 valence electrons. The van der Waals surface area contributed by atoms with Crippen molar-refractivity contribution in [1.82, 2.24) is 0 Å². The van der Waals surface area contributed by atoms with Gasteiger partial charge >= 0.3 is 38.6 Å². The molecular formula is H6FLaNaO4Si. The number of hydrogen-bond donors (Lipinski definition) is 4. The fraction of sp³-hybridized carbons (Fsp3) is 0. The Kier molecular flexibility index (Phi) is 25.8. The van der Waals surface area contributed by atoms with E-state index in [0.717, 1.165) is 0 Å². The molecule has 0 aliphatic carbocycles. The van der Waals surface area contributed by atoms with Crippen molar-refractivity contribution in [3.05, 3.63) is 0 Å². The molecule has 0 aromatic rings. The molecule has 0 aliphatic heterocycles. The Labute approximate surface area is 96.7 Å². The zero-order valence-corrected chi connectivity index (χ0v) is 7.90. The van der Waals surface area contributed by atoms with E-state index < -0.39 is 9.05 Å². The molecule has 0 heterocycles. The van der Waals surface area contributed by atoms with Gasteiger partial charge in [0, 0.05) is 35.6 Å². The van der Waals surface area contributed by atoms with Crippen molar-refractivity contribution < 1.29 is 59.5 Å². The van der Waals surface area contributed by atoms with Crippen LogP contribution in [-0.4, -0.2) is 57.8 Å². The molecule has 4 N–H and O–H groups in total. The molecule has 0 saturated carbocycles. The summed E-state index contributed by atoms with van der Waals surface area (Å²) in [5, 5.41) is 0. The summed E-state index contributed by atoms with van der Waals surface area (Å²) in [5.41, 5.74) is 0. The molecule has 0 saturated heterocycles. The Bertz CT molecular complexity index is 31.5. The third kappa shape index (κ3) is 88.7. The maximum atomic E-state index is 7.33. The van der Waals surface area contributed by atoms with Gasteiger partial charge in [-0.15, -0.1) is 0 Å². The topological polar surface area (TPSA) is 80.9 Å². The SMILES string of the molecule is F.O[Si](O)(O)O.[La].[NaH]. The maximum absolute atomic E-state index is 7.33. The van der Waals surface area contributed by atoms with Crippen LogP contribution < -0.4 is 0 Å². The Morgan fingerprint density at radius 3 is 0.875 bits per heavy atom. The van der Waals surface area contributed by atoms with E-state index in [2.05, 4.69) is 0 Å². The summed E-state index contributed by atoms with van der Waals surface area (Å²) in [5.74, 6) is 0. The molecule has 0 aromatic heterocycles. The van der Waals surface area contributed by atoms with E-state index in [1.165, 1.54) is 0 Å². The van der Waals surface area contributed by atoms with Crippen molar-refractivity contribution in [3.8, 4) is 0 Å². The fourth-order valence-corrected chi connectivity index (χ4v) is 0. The second kappa shape index (κ2) is 9.18. The first-order valence-electron chi connectivity index (χ1n) is 0.894. The first-order valence-corrected chi connectivity index (χ1v) is 2.68. The molecule has 0 bridgehead atoms. The van der Waals surface area contributed by atoms with Crippen LogP contribution in [0.4, 0.5) is 4.70 Å². The molecule has 0 aliphatic rings. The average molecular weight is 279 g/mol. The summed E-state index contributed by atoms with van der Waals surface area (Å²) < 4.78 is 0. The van der Waals surface area contributed by atoms with Crippen molar-refractivity contribution in [2.24, 2.45) is 0 Å². The summed E-state index contributed by atoms with van der Waals surface area (Å²) >= 11 is 0. The Balaban J connectivity index is -0.0000000267. The molecular weight excluding hydrogens is 273 g/mol. The van der Waals surface area contributed by atoms with Crippen LogP contribution in [0, 0.1) is 35.6 Å². The van der Waals surface area contributed by atoms with Crippen LogP contribution in [0.1, 0.15) is 0 Å². The standard InChI is InChI=1S/FH.La.Na.H4O4Si.H/c;;;1-5(2,3)4;/h1H;;;1-4H;. The van der Waals surface area contributed by atoms with E-state index in [9.17, 15) is 0 Å². The fourth-order valence-electron chi connectivity index (χ4n) is 0. The first-order chi connectivity index (χ1) is 2.00.